The van der Waals surface area contributed by atoms with Crippen LogP contribution >= 0.6 is 0 Å². The van der Waals surface area contributed by atoms with E-state index in [0.29, 0.717) is 21.7 Å². The van der Waals surface area contributed by atoms with Gasteiger partial charge < -0.3 is 25.3 Å². The number of hydroxylamine groups is 2. The lowest BCUT2D eigenvalue weighted by Crippen LogP contribution is -2.31. The number of nitrogens with one attached hydrogen (secondary N) is 2. The highest BCUT2D eigenvalue weighted by Crippen LogP contribution is 2.24. The van der Waals surface area contributed by atoms with E-state index in [1.54, 1.807) is 30.3 Å². The Hall–Kier alpha value is -3.23. The SMILES string of the molecule is CC(=O)OCN([O-])CC(=O)Nc1ccc2[nH]c(=O)c3ccccc3c2c1. The number of pyridine rings is 1. The van der Waals surface area contributed by atoms with E-state index >= 15 is 0 Å². The van der Waals surface area contributed by atoms with Crippen LogP contribution in [0, 0.1) is 5.21 Å². The van der Waals surface area contributed by atoms with Crippen molar-refractivity contribution in [3.63, 3.8) is 0 Å². The Kier molecular flexibility index (Phi) is 4.97. The van der Waals surface area contributed by atoms with Crippen molar-refractivity contribution in [3.05, 3.63) is 58.0 Å². The van der Waals surface area contributed by atoms with Crippen molar-refractivity contribution in [1.29, 1.82) is 0 Å². The summed E-state index contributed by atoms with van der Waals surface area (Å²) >= 11 is 0. The van der Waals surface area contributed by atoms with Gasteiger partial charge in [-0.1, -0.05) is 18.2 Å². The van der Waals surface area contributed by atoms with Crippen molar-refractivity contribution >= 4 is 39.2 Å². The van der Waals surface area contributed by atoms with Gasteiger partial charge in [0.05, 0.1) is 6.54 Å². The van der Waals surface area contributed by atoms with Crippen LogP contribution in [-0.2, 0) is 14.3 Å². The molecule has 8 nitrogen and oxygen atoms in total. The summed E-state index contributed by atoms with van der Waals surface area (Å²) in [6.07, 6.45) is 0. The molecule has 1 amide bonds. The molecule has 0 radical (unpaired) electrons. The first-order chi connectivity index (χ1) is 12.4. The topological polar surface area (TPSA) is 115 Å². The van der Waals surface area contributed by atoms with Crippen LogP contribution in [0.1, 0.15) is 6.92 Å². The van der Waals surface area contributed by atoms with Gasteiger partial charge in [0, 0.05) is 28.9 Å². The van der Waals surface area contributed by atoms with Crippen molar-refractivity contribution in [2.75, 3.05) is 18.6 Å². The van der Waals surface area contributed by atoms with Crippen LogP contribution in [0.25, 0.3) is 21.7 Å². The number of fused-ring (bicyclic) bond motifs is 3. The Balaban J connectivity index is 1.82. The predicted octanol–water partition coefficient (Wildman–Crippen LogP) is 1.94. The molecule has 1 aromatic heterocycles. The molecule has 134 valence electrons. The highest BCUT2D eigenvalue weighted by Gasteiger charge is 2.08. The molecule has 0 bridgehead atoms. The largest absolute Gasteiger partial charge is 0.782 e. The minimum Gasteiger partial charge on any atom is -0.782 e. The normalized spacial score (nSPS) is 11.0. The molecule has 0 saturated carbocycles. The van der Waals surface area contributed by atoms with Crippen LogP contribution in [0.2, 0.25) is 0 Å². The molecule has 1 heterocycles. The van der Waals surface area contributed by atoms with Crippen molar-refractivity contribution in [2.24, 2.45) is 0 Å². The smallest absolute Gasteiger partial charge is 0.303 e. The lowest BCUT2D eigenvalue weighted by molar-refractivity contribution is -0.145. The van der Waals surface area contributed by atoms with E-state index in [2.05, 4.69) is 15.0 Å². The van der Waals surface area contributed by atoms with Gasteiger partial charge in [-0.2, -0.15) is 0 Å². The Morgan fingerprint density at radius 2 is 1.88 bits per heavy atom. The summed E-state index contributed by atoms with van der Waals surface area (Å²) in [4.78, 5) is 37.5. The zero-order valence-electron chi connectivity index (χ0n) is 13.9. The summed E-state index contributed by atoms with van der Waals surface area (Å²) in [6.45, 7) is 0.196. The lowest BCUT2D eigenvalue weighted by atomic mass is 10.1. The summed E-state index contributed by atoms with van der Waals surface area (Å²) < 4.78 is 4.53. The van der Waals surface area contributed by atoms with Gasteiger partial charge in [-0.3, -0.25) is 14.4 Å². The third-order valence-corrected chi connectivity index (χ3v) is 3.75. The molecule has 26 heavy (non-hydrogen) atoms. The van der Waals surface area contributed by atoms with Gasteiger partial charge in [0.1, 0.15) is 6.73 Å². The third kappa shape index (κ3) is 3.88. The molecule has 0 spiro atoms. The van der Waals surface area contributed by atoms with Crippen LogP contribution in [0.5, 0.6) is 0 Å². The van der Waals surface area contributed by atoms with Crippen LogP contribution in [-0.4, -0.2) is 35.2 Å². The fraction of sp³-hybridized carbons (Fsp3) is 0.167. The highest BCUT2D eigenvalue weighted by atomic mass is 16.6. The van der Waals surface area contributed by atoms with E-state index in [9.17, 15) is 19.6 Å². The second-order valence-corrected chi connectivity index (χ2v) is 5.71. The van der Waals surface area contributed by atoms with Gasteiger partial charge in [-0.05, 0) is 29.7 Å². The molecule has 0 saturated heterocycles. The first-order valence-electron chi connectivity index (χ1n) is 7.84. The van der Waals surface area contributed by atoms with Crippen molar-refractivity contribution < 1.29 is 14.3 Å². The van der Waals surface area contributed by atoms with Gasteiger partial charge in [0.15, 0.2) is 0 Å². The second-order valence-electron chi connectivity index (χ2n) is 5.71. The number of hydrogen-bond donors (Lipinski definition) is 2. The number of hydrogen-bond acceptors (Lipinski definition) is 6. The zero-order valence-corrected chi connectivity index (χ0v) is 13.9. The quantitative estimate of drug-likeness (QED) is 0.313. The van der Waals surface area contributed by atoms with Gasteiger partial charge >= 0.3 is 5.97 Å². The van der Waals surface area contributed by atoms with Crippen LogP contribution in [0.3, 0.4) is 0 Å². The lowest BCUT2D eigenvalue weighted by Gasteiger charge is -2.26. The Morgan fingerprint density at radius 1 is 1.15 bits per heavy atom. The highest BCUT2D eigenvalue weighted by molar-refractivity contribution is 6.07. The Bertz CT molecular complexity index is 1040. The average molecular weight is 354 g/mol. The summed E-state index contributed by atoms with van der Waals surface area (Å²) in [6, 6.07) is 12.2. The molecular formula is C18H16N3O5-. The van der Waals surface area contributed by atoms with Crippen LogP contribution in [0.15, 0.2) is 47.3 Å². The molecule has 2 N–H and O–H groups in total. The Labute approximate surface area is 147 Å². The number of ether oxygens (including phenoxy) is 1. The fourth-order valence-corrected chi connectivity index (χ4v) is 2.63. The maximum absolute atomic E-state index is 12.1. The van der Waals surface area contributed by atoms with Gasteiger partial charge in [-0.25, -0.2) is 0 Å². The number of nitrogens with zero attached hydrogens (tertiary/aromatic N) is 1. The number of anilines is 1. The number of amides is 1. The van der Waals surface area contributed by atoms with Crippen molar-refractivity contribution in [1.82, 2.24) is 10.0 Å². The number of aromatic nitrogens is 1. The van der Waals surface area contributed by atoms with Gasteiger partial charge in [0.25, 0.3) is 5.56 Å². The maximum Gasteiger partial charge on any atom is 0.303 e. The van der Waals surface area contributed by atoms with E-state index in [0.717, 1.165) is 10.8 Å². The number of carbonyl (C=O) groups excluding carboxylic acids is 2. The van der Waals surface area contributed by atoms with Gasteiger partial charge in [0.2, 0.25) is 5.91 Å². The minimum atomic E-state index is -0.596. The van der Waals surface area contributed by atoms with Crippen LogP contribution < -0.4 is 10.9 Å². The van der Waals surface area contributed by atoms with Crippen LogP contribution in [0.4, 0.5) is 5.69 Å². The molecule has 0 aliphatic heterocycles. The molecule has 0 aliphatic carbocycles. The Morgan fingerprint density at radius 3 is 2.62 bits per heavy atom. The molecule has 3 aromatic rings. The number of benzene rings is 2. The molecular weight excluding hydrogens is 338 g/mol. The number of rotatable bonds is 5. The van der Waals surface area contributed by atoms with E-state index in [1.165, 1.54) is 6.92 Å². The molecule has 2 aromatic carbocycles. The fourth-order valence-electron chi connectivity index (χ4n) is 2.63. The standard InChI is InChI=1S/C18H16N3O5/c1-11(22)26-10-21(25)9-17(23)19-12-6-7-16-15(8-12)13-4-2-3-5-14(13)18(24)20-16/h2-8H,9-10H2,1H3,(H,19,23)(H,20,24)/q-1. The number of carbonyl (C=O) groups is 2. The first kappa shape index (κ1) is 17.6. The molecule has 0 unspecified atom stereocenters. The number of esters is 1. The molecule has 0 aliphatic rings. The first-order valence-corrected chi connectivity index (χ1v) is 7.84. The molecule has 3 rings (SSSR count). The third-order valence-electron chi connectivity index (χ3n) is 3.75. The number of H-pyrrole nitrogens is 1. The minimum absolute atomic E-state index is 0.183. The second kappa shape index (κ2) is 7.34. The van der Waals surface area contributed by atoms with Crippen molar-refractivity contribution in [3.8, 4) is 0 Å². The summed E-state index contributed by atoms with van der Waals surface area (Å²) in [5.41, 5.74) is 0.949. The van der Waals surface area contributed by atoms with E-state index in [-0.39, 0.29) is 5.56 Å². The summed E-state index contributed by atoms with van der Waals surface area (Å²) in [5.74, 6) is -1.14. The molecule has 8 heteroatoms. The molecule has 0 fully saturated rings. The van der Waals surface area contributed by atoms with Crippen molar-refractivity contribution in [2.45, 2.75) is 6.92 Å². The van der Waals surface area contributed by atoms with E-state index < -0.39 is 25.2 Å². The van der Waals surface area contributed by atoms with Gasteiger partial charge in [-0.15, -0.1) is 0 Å². The number of aromatic amines is 1. The zero-order chi connectivity index (χ0) is 18.7. The van der Waals surface area contributed by atoms with E-state index in [1.807, 2.05) is 12.1 Å². The predicted molar refractivity (Wildman–Crippen MR) is 97.4 cm³/mol. The maximum atomic E-state index is 12.1. The summed E-state index contributed by atoms with van der Waals surface area (Å²) in [5, 5.41) is 16.6. The summed E-state index contributed by atoms with van der Waals surface area (Å²) in [7, 11) is 0. The average Bonchev–Trinajstić information content (AvgIpc) is 2.61. The molecule has 0 atom stereocenters. The monoisotopic (exact) mass is 354 g/mol. The van der Waals surface area contributed by atoms with E-state index in [4.69, 9.17) is 0 Å².